The second kappa shape index (κ2) is 20.8. The third kappa shape index (κ3) is 7.62. The monoisotopic (exact) mass is 1250 g/mol. The van der Waals surface area contributed by atoms with Gasteiger partial charge < -0.3 is 27.4 Å². The summed E-state index contributed by atoms with van der Waals surface area (Å²) >= 11 is 0. The molecule has 0 fully saturated rings. The molecule has 15 aromatic carbocycles. The van der Waals surface area contributed by atoms with E-state index in [0.29, 0.717) is 0 Å². The van der Waals surface area contributed by atoms with E-state index >= 15 is 0 Å². The Bertz CT molecular complexity index is 6410. The van der Waals surface area contributed by atoms with E-state index in [1.54, 1.807) is 0 Å². The molecule has 458 valence electrons. The molecular weight excluding hydrogens is 1190 g/mol. The highest BCUT2D eigenvalue weighted by Crippen LogP contribution is 2.57. The number of hydrogen-bond donors (Lipinski definition) is 0. The van der Waals surface area contributed by atoms with E-state index in [4.69, 9.17) is 8.83 Å². The van der Waals surface area contributed by atoms with Gasteiger partial charge in [-0.1, -0.05) is 255 Å². The van der Waals surface area contributed by atoms with E-state index in [0.717, 1.165) is 134 Å². The van der Waals surface area contributed by atoms with Crippen LogP contribution in [0.5, 0.6) is 0 Å². The summed E-state index contributed by atoms with van der Waals surface area (Å²) in [6.45, 7) is 4.43. The number of nitrogens with zero attached hydrogens (tertiary/aromatic N) is 4. The zero-order chi connectivity index (χ0) is 64.4. The van der Waals surface area contributed by atoms with Crippen molar-refractivity contribution in [2.75, 3.05) is 9.80 Å². The quantitative estimate of drug-likeness (QED) is 0.137. The Balaban J connectivity index is 0.857. The average Bonchev–Trinajstić information content (AvgIpc) is 1.49. The normalized spacial score (nSPS) is 12.2. The van der Waals surface area contributed by atoms with Crippen LogP contribution in [0.1, 0.15) is 11.1 Å². The van der Waals surface area contributed by atoms with Gasteiger partial charge in [0.2, 0.25) is 0 Å². The molecule has 6 nitrogen and oxygen atoms in total. The number of anilines is 6. The molecule has 0 aliphatic carbocycles. The molecule has 0 spiro atoms. The number of furan rings is 2. The van der Waals surface area contributed by atoms with Crippen LogP contribution in [0.3, 0.4) is 0 Å². The lowest BCUT2D eigenvalue weighted by atomic mass is 9.89. The highest BCUT2D eigenvalue weighted by atomic mass is 16.3. The van der Waals surface area contributed by atoms with Gasteiger partial charge in [-0.25, -0.2) is 0 Å². The van der Waals surface area contributed by atoms with Crippen LogP contribution < -0.4 is 9.80 Å². The van der Waals surface area contributed by atoms with Gasteiger partial charge in [-0.3, -0.25) is 0 Å². The summed E-state index contributed by atoms with van der Waals surface area (Å²) in [7, 11) is 0. The van der Waals surface area contributed by atoms with Gasteiger partial charge in [0.25, 0.3) is 0 Å². The van der Waals surface area contributed by atoms with Crippen molar-refractivity contribution in [1.29, 1.82) is 0 Å². The van der Waals surface area contributed by atoms with Gasteiger partial charge in [0, 0.05) is 98.3 Å². The van der Waals surface area contributed by atoms with Crippen LogP contribution in [-0.4, -0.2) is 8.80 Å². The first kappa shape index (κ1) is 54.5. The molecule has 0 saturated heterocycles. The van der Waals surface area contributed by atoms with Crippen molar-refractivity contribution in [2.45, 2.75) is 13.8 Å². The number of para-hydroxylation sites is 6. The van der Waals surface area contributed by atoms with Crippen molar-refractivity contribution in [3.05, 3.63) is 327 Å². The second-order valence-corrected chi connectivity index (χ2v) is 26.3. The predicted molar refractivity (Wildman–Crippen MR) is 411 cm³/mol. The summed E-state index contributed by atoms with van der Waals surface area (Å²) in [6.07, 6.45) is 0. The molecule has 21 aromatic rings. The lowest BCUT2D eigenvalue weighted by Crippen LogP contribution is -2.13. The largest absolute Gasteiger partial charge is 0.454 e. The molecule has 0 amide bonds. The highest BCUT2D eigenvalue weighted by molar-refractivity contribution is 6.38. The van der Waals surface area contributed by atoms with Crippen LogP contribution in [0.25, 0.3) is 165 Å². The van der Waals surface area contributed by atoms with E-state index in [1.165, 1.54) is 76.3 Å². The Morgan fingerprint density at radius 3 is 1.05 bits per heavy atom. The van der Waals surface area contributed by atoms with Crippen LogP contribution in [0, 0.1) is 13.8 Å². The molecule has 6 heterocycles. The number of hydrogen-bond acceptors (Lipinski definition) is 4. The first-order valence-electron chi connectivity index (χ1n) is 33.7. The van der Waals surface area contributed by atoms with Crippen LogP contribution in [0.4, 0.5) is 34.1 Å². The number of aromatic nitrogens is 2. The molecule has 6 heteroatoms. The van der Waals surface area contributed by atoms with Gasteiger partial charge in [-0.2, -0.15) is 0 Å². The minimum absolute atomic E-state index is 0.857. The fourth-order valence-electron chi connectivity index (χ4n) is 16.9. The smallest absolute Gasteiger partial charge is 0.159 e. The van der Waals surface area contributed by atoms with Crippen LogP contribution in [0.2, 0.25) is 0 Å². The fourth-order valence-corrected chi connectivity index (χ4v) is 16.9. The highest BCUT2D eigenvalue weighted by Gasteiger charge is 2.33. The number of benzene rings is 15. The van der Waals surface area contributed by atoms with Crippen LogP contribution >= 0.6 is 0 Å². The second-order valence-electron chi connectivity index (χ2n) is 26.3. The molecule has 6 aromatic heterocycles. The SMILES string of the molecule is Cc1ccc2c(oc3ccccc32)c1N(c1ccc2c(c1)c1cccc3c4c(-c5ccccc5)c5c(c(-c6ccccc6)c4n2c13)c1cccc2c3cc(N(c4ccccc4-c4ccccc4)c4c(C)ccc6c4oc4ccccc46)ccc3n5c21)c1ccccc1-c1ccccc1. The van der Waals surface area contributed by atoms with E-state index in [9.17, 15) is 0 Å². The standard InChI is InChI=1S/C92H58N4O2/c1-55-45-49-69-65-35-17-21-43-79(65)97-91(69)85(55)93(75-41-19-15-33-63(75)57-25-7-3-8-26-57)61-47-51-77-73(53-61)67-37-23-39-71-83-82(60-31-13-6-14-32-60)90-84(81(59-29-11-5-12-30-59)89(83)95(77)87(67)71)72-40-24-38-68-74-54-62(48-52-78(74)96(90)88(68)72)94(76-42-20-16-34-64(76)58-27-9-4-10-28-58)86-56(2)46-50-70-66-36-18-22-44-80(66)98-92(70)86/h3-54H,1-2H3. The Morgan fingerprint density at radius 2 is 0.622 bits per heavy atom. The Hall–Kier alpha value is -12.9. The van der Waals surface area contributed by atoms with E-state index in [-0.39, 0.29) is 0 Å². The minimum atomic E-state index is 0.857. The first-order valence-corrected chi connectivity index (χ1v) is 33.7. The van der Waals surface area contributed by atoms with Crippen molar-refractivity contribution in [2.24, 2.45) is 0 Å². The van der Waals surface area contributed by atoms with E-state index in [1.807, 2.05) is 0 Å². The van der Waals surface area contributed by atoms with Gasteiger partial charge in [-0.15, -0.1) is 0 Å². The third-order valence-electron chi connectivity index (χ3n) is 21.0. The Morgan fingerprint density at radius 1 is 0.265 bits per heavy atom. The maximum atomic E-state index is 7.00. The fraction of sp³-hybridized carbons (Fsp3) is 0.0217. The predicted octanol–water partition coefficient (Wildman–Crippen LogP) is 26.0. The van der Waals surface area contributed by atoms with Gasteiger partial charge >= 0.3 is 0 Å². The van der Waals surface area contributed by atoms with Crippen molar-refractivity contribution in [1.82, 2.24) is 8.80 Å². The molecule has 0 radical (unpaired) electrons. The number of fused-ring (bicyclic) bond motifs is 18. The van der Waals surface area contributed by atoms with Crippen LogP contribution in [0.15, 0.2) is 324 Å². The first-order chi connectivity index (χ1) is 48.5. The Kier molecular flexibility index (Phi) is 11.6. The molecule has 0 aliphatic heterocycles. The summed E-state index contributed by atoms with van der Waals surface area (Å²) < 4.78 is 19.2. The number of aryl methyl sites for hydroxylation is 2. The summed E-state index contributed by atoms with van der Waals surface area (Å²) in [5, 5.41) is 14.0. The molecule has 0 N–H and O–H groups in total. The van der Waals surface area contributed by atoms with Gasteiger partial charge in [-0.05, 0) is 108 Å². The molecule has 98 heavy (non-hydrogen) atoms. The Labute approximate surface area is 563 Å². The van der Waals surface area contributed by atoms with Crippen molar-refractivity contribution in [3.63, 3.8) is 0 Å². The molecule has 0 aliphatic rings. The van der Waals surface area contributed by atoms with Gasteiger partial charge in [0.1, 0.15) is 11.2 Å². The molecule has 0 bridgehead atoms. The zero-order valence-corrected chi connectivity index (χ0v) is 53.6. The van der Waals surface area contributed by atoms with Gasteiger partial charge in [0.15, 0.2) is 11.2 Å². The summed E-state index contributed by atoms with van der Waals surface area (Å²) in [5.74, 6) is 0. The van der Waals surface area contributed by atoms with E-state index < -0.39 is 0 Å². The summed E-state index contributed by atoms with van der Waals surface area (Å²) in [4.78, 5) is 4.91. The minimum Gasteiger partial charge on any atom is -0.454 e. The topological polar surface area (TPSA) is 41.6 Å². The third-order valence-corrected chi connectivity index (χ3v) is 21.0. The van der Waals surface area contributed by atoms with Crippen LogP contribution in [-0.2, 0) is 0 Å². The molecule has 0 atom stereocenters. The lowest BCUT2D eigenvalue weighted by molar-refractivity contribution is 0.668. The molecule has 0 unspecified atom stereocenters. The summed E-state index contributed by atoms with van der Waals surface area (Å²) in [5.41, 5.74) is 28.2. The molecule has 0 saturated carbocycles. The van der Waals surface area contributed by atoms with Gasteiger partial charge in [0.05, 0.1) is 55.8 Å². The molecule has 21 rings (SSSR count). The zero-order valence-electron chi connectivity index (χ0n) is 53.6. The lowest BCUT2D eigenvalue weighted by Gasteiger charge is -2.29. The number of rotatable bonds is 10. The van der Waals surface area contributed by atoms with Crippen molar-refractivity contribution >= 4 is 154 Å². The maximum Gasteiger partial charge on any atom is 0.159 e. The maximum absolute atomic E-state index is 7.00. The van der Waals surface area contributed by atoms with E-state index in [2.05, 4.69) is 348 Å². The van der Waals surface area contributed by atoms with Crippen molar-refractivity contribution < 1.29 is 8.83 Å². The average molecular weight is 1250 g/mol. The molecular formula is C92H58N4O2. The summed E-state index contributed by atoms with van der Waals surface area (Å²) in [6, 6.07) is 116. The van der Waals surface area contributed by atoms with Crippen molar-refractivity contribution in [3.8, 4) is 44.5 Å².